The minimum Gasteiger partial charge on any atom is -0.550 e. The number of aliphatic hydroxyl groups is 4. The quantitative estimate of drug-likeness (QED) is 0.0369. The van der Waals surface area contributed by atoms with Crippen LogP contribution in [0.3, 0.4) is 0 Å². The molecule has 0 aromatic carbocycles. The Morgan fingerprint density at radius 1 is 0.360 bits per heavy atom. The molecule has 296 valence electrons. The molecule has 0 atom stereocenters. The van der Waals surface area contributed by atoms with E-state index >= 15 is 0 Å². The van der Waals surface area contributed by atoms with Crippen LogP contribution in [-0.2, 0) is 29.1 Å². The van der Waals surface area contributed by atoms with Gasteiger partial charge >= 0.3 is 19.5 Å². The summed E-state index contributed by atoms with van der Waals surface area (Å²) in [4.78, 5) is 20.4. The zero-order chi connectivity index (χ0) is 37.1. The fraction of sp³-hybridized carbons (Fsp3) is 0.951. The molecule has 0 saturated carbocycles. The summed E-state index contributed by atoms with van der Waals surface area (Å²) in [6.45, 7) is 2.91. The van der Waals surface area contributed by atoms with E-state index < -0.39 is 43.8 Å². The first-order chi connectivity index (χ1) is 23.8. The molecule has 0 saturated heterocycles. The van der Waals surface area contributed by atoms with E-state index in [1.807, 2.05) is 0 Å². The number of hydrogen-bond donors (Lipinski definition) is 4. The Kier molecular flexibility index (Phi) is 54.4. The molecular formula is C41H82O8Zn. The van der Waals surface area contributed by atoms with Crippen LogP contribution in [0.2, 0.25) is 0 Å². The smallest absolute Gasteiger partial charge is 0.550 e. The molecule has 0 aliphatic carbocycles. The first kappa shape index (κ1) is 56.1. The number of hydrogen-bond acceptors (Lipinski definition) is 8. The van der Waals surface area contributed by atoms with Gasteiger partial charge in [-0.1, -0.05) is 194 Å². The molecule has 0 aliphatic rings. The average molecular weight is 768 g/mol. The standard InChI is InChI=1S/2C18H36O2.C5H12O4.Zn/c2*1-2-3-4-5-6-7-8-9-10-11-12-13-14-15-16-17-18(19)20;6-1-5(2-7,3-8)4-9;/h2*2-17H2,1H3,(H,19,20);6-9H,1-4H2;/q;;;+2/p-2. The minimum atomic E-state index is -1.11. The number of carbonyl (C=O) groups excluding carboxylic acids is 2. The van der Waals surface area contributed by atoms with Crippen LogP contribution in [0, 0.1) is 5.41 Å². The third-order valence-electron chi connectivity index (χ3n) is 9.31. The topological polar surface area (TPSA) is 161 Å². The molecule has 0 spiro atoms. The summed E-state index contributed by atoms with van der Waals surface area (Å²) < 4.78 is 0. The molecule has 9 heteroatoms. The summed E-state index contributed by atoms with van der Waals surface area (Å²) >= 11 is 0. The van der Waals surface area contributed by atoms with Gasteiger partial charge in [-0.15, -0.1) is 0 Å². The molecule has 0 amide bonds. The number of carboxylic acid groups (broad SMARTS) is 2. The third kappa shape index (κ3) is 49.5. The Bertz CT molecular complexity index is 585. The molecule has 0 unspecified atom stereocenters. The van der Waals surface area contributed by atoms with Gasteiger partial charge in [-0.05, 0) is 25.7 Å². The van der Waals surface area contributed by atoms with Crippen LogP contribution in [0.15, 0.2) is 0 Å². The summed E-state index contributed by atoms with van der Waals surface area (Å²) in [5.74, 6) is -1.81. The summed E-state index contributed by atoms with van der Waals surface area (Å²) in [7, 11) is 0. The molecule has 0 rings (SSSR count). The Labute approximate surface area is 321 Å². The first-order valence-corrected chi connectivity index (χ1v) is 20.6. The second-order valence-electron chi connectivity index (χ2n) is 14.3. The van der Waals surface area contributed by atoms with Crippen LogP contribution < -0.4 is 10.2 Å². The van der Waals surface area contributed by atoms with Gasteiger partial charge in [-0.3, -0.25) is 0 Å². The number of rotatable bonds is 36. The molecule has 50 heavy (non-hydrogen) atoms. The van der Waals surface area contributed by atoms with Gasteiger partial charge in [-0.2, -0.15) is 0 Å². The van der Waals surface area contributed by atoms with Crippen LogP contribution in [0.4, 0.5) is 0 Å². The van der Waals surface area contributed by atoms with Gasteiger partial charge in [-0.25, -0.2) is 0 Å². The maximum Gasteiger partial charge on any atom is 2.00 e. The van der Waals surface area contributed by atoms with E-state index in [-0.39, 0.29) is 32.3 Å². The Morgan fingerprint density at radius 2 is 0.520 bits per heavy atom. The van der Waals surface area contributed by atoms with Crippen molar-refractivity contribution in [2.75, 3.05) is 26.4 Å². The Hall–Kier alpha value is -0.597. The van der Waals surface area contributed by atoms with Crippen molar-refractivity contribution >= 4 is 11.9 Å². The van der Waals surface area contributed by atoms with Crippen molar-refractivity contribution in [3.05, 3.63) is 0 Å². The molecule has 8 nitrogen and oxygen atoms in total. The summed E-state index contributed by atoms with van der Waals surface area (Å²) in [6.07, 6.45) is 39.7. The second-order valence-corrected chi connectivity index (χ2v) is 14.3. The first-order valence-electron chi connectivity index (χ1n) is 20.6. The zero-order valence-electron chi connectivity index (χ0n) is 33.1. The van der Waals surface area contributed by atoms with Crippen molar-refractivity contribution in [1.29, 1.82) is 0 Å². The summed E-state index contributed by atoms with van der Waals surface area (Å²) in [6, 6.07) is 0. The second kappa shape index (κ2) is 48.4. The molecule has 0 aromatic rings. The number of aliphatic carboxylic acids is 2. The fourth-order valence-electron chi connectivity index (χ4n) is 5.58. The Morgan fingerprint density at radius 3 is 0.640 bits per heavy atom. The molecule has 0 bridgehead atoms. The predicted octanol–water partition coefficient (Wildman–Crippen LogP) is 7.94. The molecule has 0 heterocycles. The summed E-state index contributed by atoms with van der Waals surface area (Å²) in [5, 5.41) is 54.4. The van der Waals surface area contributed by atoms with Gasteiger partial charge in [0.05, 0.1) is 31.8 Å². The van der Waals surface area contributed by atoms with Gasteiger partial charge in [0.2, 0.25) is 0 Å². The van der Waals surface area contributed by atoms with Crippen LogP contribution in [0.1, 0.15) is 219 Å². The molecule has 0 radical (unpaired) electrons. The van der Waals surface area contributed by atoms with Gasteiger partial charge < -0.3 is 40.2 Å². The predicted molar refractivity (Wildman–Crippen MR) is 200 cm³/mol. The van der Waals surface area contributed by atoms with Crippen LogP contribution in [0.25, 0.3) is 0 Å². The number of unbranched alkanes of at least 4 members (excludes halogenated alkanes) is 28. The third-order valence-corrected chi connectivity index (χ3v) is 9.31. The van der Waals surface area contributed by atoms with Gasteiger partial charge in [0.25, 0.3) is 0 Å². The average Bonchev–Trinajstić information content (AvgIpc) is 3.10. The zero-order valence-corrected chi connectivity index (χ0v) is 36.1. The normalized spacial score (nSPS) is 10.8. The van der Waals surface area contributed by atoms with Gasteiger partial charge in [0, 0.05) is 11.9 Å². The van der Waals surface area contributed by atoms with Crippen molar-refractivity contribution < 1.29 is 59.7 Å². The maximum atomic E-state index is 10.2. The molecular weight excluding hydrogens is 686 g/mol. The number of aliphatic hydroxyl groups excluding tert-OH is 4. The van der Waals surface area contributed by atoms with Crippen molar-refractivity contribution in [3.63, 3.8) is 0 Å². The SMILES string of the molecule is CCCCCCCCCCCCCCCCCC(=O)[O-].CCCCCCCCCCCCCCCCCC(=O)[O-].OCC(CO)(CO)CO.[Zn+2]. The number of carbonyl (C=O) groups is 2. The minimum absolute atomic E-state index is 0. The maximum absolute atomic E-state index is 10.2. The van der Waals surface area contributed by atoms with Crippen molar-refractivity contribution in [1.82, 2.24) is 0 Å². The van der Waals surface area contributed by atoms with Crippen molar-refractivity contribution in [3.8, 4) is 0 Å². The number of carboxylic acids is 2. The fourth-order valence-corrected chi connectivity index (χ4v) is 5.58. The van der Waals surface area contributed by atoms with Gasteiger partial charge in [0.15, 0.2) is 0 Å². The van der Waals surface area contributed by atoms with E-state index in [0.717, 1.165) is 25.7 Å². The molecule has 0 aromatic heterocycles. The summed E-state index contributed by atoms with van der Waals surface area (Å²) in [5.41, 5.74) is -1.11. The van der Waals surface area contributed by atoms with Crippen molar-refractivity contribution in [2.45, 2.75) is 219 Å². The van der Waals surface area contributed by atoms with Crippen molar-refractivity contribution in [2.24, 2.45) is 5.41 Å². The van der Waals surface area contributed by atoms with Gasteiger partial charge in [0.1, 0.15) is 0 Å². The van der Waals surface area contributed by atoms with Crippen LogP contribution >= 0.6 is 0 Å². The van der Waals surface area contributed by atoms with E-state index in [1.165, 1.54) is 167 Å². The van der Waals surface area contributed by atoms with E-state index in [0.29, 0.717) is 0 Å². The van der Waals surface area contributed by atoms with Crippen LogP contribution in [0.5, 0.6) is 0 Å². The monoisotopic (exact) mass is 767 g/mol. The Balaban J connectivity index is -0.000000336. The largest absolute Gasteiger partial charge is 2.00 e. The van der Waals surface area contributed by atoms with E-state index in [9.17, 15) is 19.8 Å². The van der Waals surface area contributed by atoms with E-state index in [2.05, 4.69) is 13.8 Å². The molecule has 0 fully saturated rings. The van der Waals surface area contributed by atoms with E-state index in [1.54, 1.807) is 0 Å². The van der Waals surface area contributed by atoms with Crippen LogP contribution in [-0.4, -0.2) is 58.8 Å². The molecule has 4 N–H and O–H groups in total. The van der Waals surface area contributed by atoms with E-state index in [4.69, 9.17) is 20.4 Å². The molecule has 0 aliphatic heterocycles.